The first kappa shape index (κ1) is 27.6. The van der Waals surface area contributed by atoms with E-state index >= 15 is 4.39 Å². The van der Waals surface area contributed by atoms with Crippen LogP contribution in [0.2, 0.25) is 10.0 Å². The standard InChI is InChI=1S/C30H26Cl2FN3O5S/c1-14-10-15(27(37)39-2)11-21-24(14)34-29(42-21)36-16-6-7-17(36)13-18(12-16)40-28(38)23-25(22-19(31)4-3-5-20(22)32)35-41-26(23)30(33)8-9-30/h3-5,10-11,16-18H,6-9,12-13H2,1-2H3/t16-,17+,18+. The summed E-state index contributed by atoms with van der Waals surface area (Å²) in [6, 6.07) is 8.80. The fourth-order valence-electron chi connectivity index (χ4n) is 6.29. The number of rotatable bonds is 6. The third-order valence-corrected chi connectivity index (χ3v) is 10.1. The second kappa shape index (κ2) is 10.2. The number of aromatic nitrogens is 2. The monoisotopic (exact) mass is 629 g/mol. The second-order valence-electron chi connectivity index (χ2n) is 11.2. The highest BCUT2D eigenvalue weighted by Crippen LogP contribution is 2.53. The zero-order valence-electron chi connectivity index (χ0n) is 22.8. The molecule has 0 unspecified atom stereocenters. The maximum atomic E-state index is 15.3. The molecule has 7 rings (SSSR count). The topological polar surface area (TPSA) is 94.8 Å². The Kier molecular flexibility index (Phi) is 6.71. The summed E-state index contributed by atoms with van der Waals surface area (Å²) in [5.74, 6) is -1.20. The van der Waals surface area contributed by atoms with Gasteiger partial charge in [-0.2, -0.15) is 0 Å². The summed E-state index contributed by atoms with van der Waals surface area (Å²) < 4.78 is 32.6. The van der Waals surface area contributed by atoms with Crippen molar-refractivity contribution in [3.63, 3.8) is 0 Å². The molecule has 2 aliphatic heterocycles. The van der Waals surface area contributed by atoms with E-state index in [1.54, 1.807) is 35.6 Å². The number of aryl methyl sites for hydroxylation is 1. The number of methoxy groups -OCH3 is 1. The smallest absolute Gasteiger partial charge is 0.344 e. The number of thiazole rings is 1. The van der Waals surface area contributed by atoms with Gasteiger partial charge in [-0.05, 0) is 62.4 Å². The summed E-state index contributed by atoms with van der Waals surface area (Å²) in [6.07, 6.45) is 3.19. The lowest BCUT2D eigenvalue weighted by atomic mass is 9.99. The average Bonchev–Trinajstić information content (AvgIpc) is 3.26. The Morgan fingerprint density at radius 3 is 2.45 bits per heavy atom. The van der Waals surface area contributed by atoms with Gasteiger partial charge in [0.2, 0.25) is 0 Å². The van der Waals surface area contributed by atoms with Gasteiger partial charge in [0.05, 0.1) is 32.9 Å². The van der Waals surface area contributed by atoms with Crippen LogP contribution in [0.3, 0.4) is 0 Å². The van der Waals surface area contributed by atoms with E-state index in [1.165, 1.54) is 7.11 Å². The molecule has 0 spiro atoms. The van der Waals surface area contributed by atoms with Crippen molar-refractivity contribution in [1.82, 2.24) is 10.1 Å². The highest BCUT2D eigenvalue weighted by atomic mass is 35.5. The molecule has 3 fully saturated rings. The lowest BCUT2D eigenvalue weighted by Crippen LogP contribution is -2.46. The maximum Gasteiger partial charge on any atom is 0.344 e. The Hall–Kier alpha value is -3.21. The summed E-state index contributed by atoms with van der Waals surface area (Å²) in [7, 11) is 1.37. The van der Waals surface area contributed by atoms with Crippen molar-refractivity contribution < 1.29 is 28.0 Å². The first-order chi connectivity index (χ1) is 20.2. The Bertz CT molecular complexity index is 1720. The van der Waals surface area contributed by atoms with Crippen LogP contribution in [0.4, 0.5) is 9.52 Å². The molecule has 4 heterocycles. The van der Waals surface area contributed by atoms with E-state index in [-0.39, 0.29) is 64.1 Å². The SMILES string of the molecule is COC(=O)c1cc(C)c2nc(N3[C@@H]4CC[C@H]3C[C@@H](OC(=O)c3c(-c5c(Cl)cccc5Cl)noc3C3(F)CC3)C4)sc2c1. The molecule has 4 aromatic rings. The highest BCUT2D eigenvalue weighted by Gasteiger charge is 2.53. The number of carbonyl (C=O) groups excluding carboxylic acids is 2. The molecule has 3 atom stereocenters. The molecule has 2 saturated heterocycles. The normalized spacial score (nSPS) is 22.4. The minimum atomic E-state index is -1.76. The van der Waals surface area contributed by atoms with Gasteiger partial charge in [0, 0.05) is 30.5 Å². The Balaban J connectivity index is 1.15. The predicted octanol–water partition coefficient (Wildman–Crippen LogP) is 7.67. The van der Waals surface area contributed by atoms with Gasteiger partial charge in [-0.1, -0.05) is 45.8 Å². The molecule has 3 aliphatic rings. The number of esters is 2. The van der Waals surface area contributed by atoms with Crippen LogP contribution in [0.5, 0.6) is 0 Å². The van der Waals surface area contributed by atoms with Gasteiger partial charge in [-0.3, -0.25) is 0 Å². The number of piperidine rings is 1. The minimum Gasteiger partial charge on any atom is -0.465 e. The van der Waals surface area contributed by atoms with Crippen LogP contribution >= 0.6 is 34.5 Å². The van der Waals surface area contributed by atoms with Gasteiger partial charge >= 0.3 is 11.9 Å². The van der Waals surface area contributed by atoms with Gasteiger partial charge in [0.1, 0.15) is 17.4 Å². The van der Waals surface area contributed by atoms with Crippen LogP contribution in [0, 0.1) is 6.92 Å². The minimum absolute atomic E-state index is 0.0529. The number of anilines is 1. The largest absolute Gasteiger partial charge is 0.465 e. The molecular formula is C30H26Cl2FN3O5S. The third-order valence-electron chi connectivity index (χ3n) is 8.47. The van der Waals surface area contributed by atoms with Crippen molar-refractivity contribution in [3.05, 3.63) is 62.8 Å². The molecule has 0 N–H and O–H groups in total. The fraction of sp³-hybridized carbons (Fsp3) is 0.400. The van der Waals surface area contributed by atoms with Gasteiger partial charge in [-0.15, -0.1) is 0 Å². The summed E-state index contributed by atoms with van der Waals surface area (Å²) >= 11 is 14.4. The van der Waals surface area contributed by atoms with Gasteiger partial charge in [0.15, 0.2) is 16.6 Å². The molecule has 0 radical (unpaired) electrons. The van der Waals surface area contributed by atoms with Crippen molar-refractivity contribution in [1.29, 1.82) is 0 Å². The number of halogens is 3. The molecule has 0 amide bonds. The molecule has 1 saturated carbocycles. The van der Waals surface area contributed by atoms with Crippen LogP contribution in [0.15, 0.2) is 34.9 Å². The Labute approximate surface area is 254 Å². The van der Waals surface area contributed by atoms with Crippen LogP contribution in [0.1, 0.15) is 70.6 Å². The summed E-state index contributed by atoms with van der Waals surface area (Å²) in [5, 5.41) is 5.48. The Morgan fingerprint density at radius 2 is 1.81 bits per heavy atom. The molecule has 2 aromatic heterocycles. The van der Waals surface area contributed by atoms with E-state index in [9.17, 15) is 9.59 Å². The van der Waals surface area contributed by atoms with Gasteiger partial charge < -0.3 is 18.9 Å². The molecular weight excluding hydrogens is 604 g/mol. The summed E-state index contributed by atoms with van der Waals surface area (Å²) in [6.45, 7) is 1.94. The van der Waals surface area contributed by atoms with Crippen LogP contribution in [0.25, 0.3) is 21.5 Å². The lowest BCUT2D eigenvalue weighted by molar-refractivity contribution is 0.0198. The number of nitrogens with zero attached hydrogens (tertiary/aromatic N) is 3. The van der Waals surface area contributed by atoms with Crippen molar-refractivity contribution >= 4 is 61.8 Å². The molecule has 218 valence electrons. The van der Waals surface area contributed by atoms with E-state index in [1.807, 2.05) is 13.0 Å². The first-order valence-corrected chi connectivity index (χ1v) is 15.4. The van der Waals surface area contributed by atoms with Crippen LogP contribution < -0.4 is 4.90 Å². The van der Waals surface area contributed by atoms with Gasteiger partial charge in [-0.25, -0.2) is 19.0 Å². The molecule has 12 heteroatoms. The first-order valence-electron chi connectivity index (χ1n) is 13.8. The molecule has 2 aromatic carbocycles. The summed E-state index contributed by atoms with van der Waals surface area (Å²) in [5.41, 5.74) is 0.859. The molecule has 1 aliphatic carbocycles. The molecule has 8 nitrogen and oxygen atoms in total. The third kappa shape index (κ3) is 4.55. The average molecular weight is 631 g/mol. The van der Waals surface area contributed by atoms with E-state index < -0.39 is 11.6 Å². The highest BCUT2D eigenvalue weighted by molar-refractivity contribution is 7.22. The number of benzene rings is 2. The molecule has 2 bridgehead atoms. The molecule has 42 heavy (non-hydrogen) atoms. The maximum absolute atomic E-state index is 15.3. The fourth-order valence-corrected chi connectivity index (χ4v) is 8.10. The predicted molar refractivity (Wildman–Crippen MR) is 157 cm³/mol. The number of fused-ring (bicyclic) bond motifs is 3. The zero-order valence-corrected chi connectivity index (χ0v) is 25.1. The van der Waals surface area contributed by atoms with E-state index in [0.29, 0.717) is 24.0 Å². The van der Waals surface area contributed by atoms with Crippen molar-refractivity contribution in [2.24, 2.45) is 0 Å². The second-order valence-corrected chi connectivity index (χ2v) is 13.0. The van der Waals surface area contributed by atoms with Crippen LogP contribution in [-0.4, -0.2) is 47.4 Å². The zero-order chi connectivity index (χ0) is 29.3. The van der Waals surface area contributed by atoms with Crippen molar-refractivity contribution in [2.45, 2.75) is 69.3 Å². The van der Waals surface area contributed by atoms with Gasteiger partial charge in [0.25, 0.3) is 0 Å². The number of alkyl halides is 1. The van der Waals surface area contributed by atoms with E-state index in [2.05, 4.69) is 10.1 Å². The van der Waals surface area contributed by atoms with E-state index in [0.717, 1.165) is 33.8 Å². The van der Waals surface area contributed by atoms with Crippen molar-refractivity contribution in [3.8, 4) is 11.3 Å². The van der Waals surface area contributed by atoms with E-state index in [4.69, 9.17) is 42.2 Å². The quantitative estimate of drug-likeness (QED) is 0.201. The number of hydrogen-bond donors (Lipinski definition) is 0. The van der Waals surface area contributed by atoms with Crippen LogP contribution in [-0.2, 0) is 15.1 Å². The lowest BCUT2D eigenvalue weighted by Gasteiger charge is -2.38. The summed E-state index contributed by atoms with van der Waals surface area (Å²) in [4.78, 5) is 33.1. The number of hydrogen-bond acceptors (Lipinski definition) is 9. The number of ether oxygens (including phenoxy) is 2. The number of carbonyl (C=O) groups is 2. The van der Waals surface area contributed by atoms with Crippen molar-refractivity contribution in [2.75, 3.05) is 12.0 Å². The Morgan fingerprint density at radius 1 is 1.12 bits per heavy atom.